The maximum Gasteiger partial charge on any atom is 0.258 e. The minimum atomic E-state index is -0.584. The molecule has 0 radical (unpaired) electrons. The molecular weight excluding hydrogens is 385 g/mol. The predicted octanol–water partition coefficient (Wildman–Crippen LogP) is 2.01. The van der Waals surface area contributed by atoms with Crippen LogP contribution in [0.25, 0.3) is 0 Å². The number of ether oxygens (including phenoxy) is 1. The van der Waals surface area contributed by atoms with Gasteiger partial charge in [0.1, 0.15) is 11.6 Å². The van der Waals surface area contributed by atoms with Crippen LogP contribution in [0.2, 0.25) is 5.02 Å². The van der Waals surface area contributed by atoms with Crippen LogP contribution in [0.15, 0.2) is 18.2 Å². The van der Waals surface area contributed by atoms with Gasteiger partial charge < -0.3 is 20.7 Å². The first-order valence-electron chi connectivity index (χ1n) is 9.70. The molecule has 3 N–H and O–H groups in total. The Balaban J connectivity index is 1.20. The molecule has 2 unspecified atom stereocenters. The van der Waals surface area contributed by atoms with Gasteiger partial charge in [-0.2, -0.15) is 0 Å². The smallest absolute Gasteiger partial charge is 0.258 e. The monoisotopic (exact) mass is 409 g/mol. The number of benzene rings is 1. The van der Waals surface area contributed by atoms with Crippen molar-refractivity contribution in [2.45, 2.75) is 43.7 Å². The second-order valence-electron chi connectivity index (χ2n) is 8.69. The van der Waals surface area contributed by atoms with Gasteiger partial charge in [-0.15, -0.1) is 0 Å². The summed E-state index contributed by atoms with van der Waals surface area (Å²) < 4.78 is 18.7. The zero-order valence-electron chi connectivity index (χ0n) is 15.8. The largest absolute Gasteiger partial charge is 0.484 e. The molecule has 1 aromatic rings. The molecule has 8 heteroatoms. The minimum Gasteiger partial charge on any atom is -0.484 e. The topological polar surface area (TPSA) is 79.5 Å². The van der Waals surface area contributed by atoms with Crippen molar-refractivity contribution in [1.29, 1.82) is 0 Å². The summed E-state index contributed by atoms with van der Waals surface area (Å²) in [5.74, 6) is 0.0776. The molecule has 2 atom stereocenters. The normalized spacial score (nSPS) is 33.2. The lowest BCUT2D eigenvalue weighted by molar-refractivity contribution is -0.152. The van der Waals surface area contributed by atoms with Crippen molar-refractivity contribution in [1.82, 2.24) is 16.0 Å². The van der Waals surface area contributed by atoms with Crippen LogP contribution in [0.4, 0.5) is 4.39 Å². The second-order valence-corrected chi connectivity index (χ2v) is 9.10. The number of halogens is 2. The van der Waals surface area contributed by atoms with E-state index in [-0.39, 0.29) is 46.2 Å². The van der Waals surface area contributed by atoms with E-state index >= 15 is 0 Å². The van der Waals surface area contributed by atoms with Crippen LogP contribution in [0.5, 0.6) is 5.75 Å². The first-order chi connectivity index (χ1) is 13.3. The molecule has 2 bridgehead atoms. The Labute approximate surface area is 168 Å². The zero-order valence-corrected chi connectivity index (χ0v) is 16.6. The summed E-state index contributed by atoms with van der Waals surface area (Å²) in [6, 6.07) is 4.06. The summed E-state index contributed by atoms with van der Waals surface area (Å²) in [4.78, 5) is 24.7. The number of carbonyl (C=O) groups excluding carboxylic acids is 2. The van der Waals surface area contributed by atoms with Crippen LogP contribution in [0.3, 0.4) is 0 Å². The molecule has 4 fully saturated rings. The molecule has 2 amide bonds. The van der Waals surface area contributed by atoms with E-state index in [2.05, 4.69) is 22.9 Å². The molecular formula is C20H25ClFN3O3. The molecule has 1 aromatic carbocycles. The molecule has 1 heterocycles. The number of amides is 2. The van der Waals surface area contributed by atoms with Crippen LogP contribution < -0.4 is 20.7 Å². The molecule has 3 saturated carbocycles. The average Bonchev–Trinajstić information content (AvgIpc) is 2.59. The van der Waals surface area contributed by atoms with Crippen molar-refractivity contribution in [3.63, 3.8) is 0 Å². The average molecular weight is 410 g/mol. The van der Waals surface area contributed by atoms with Gasteiger partial charge in [-0.1, -0.05) is 18.5 Å². The lowest BCUT2D eigenvalue weighted by Crippen LogP contribution is -2.84. The highest BCUT2D eigenvalue weighted by atomic mass is 35.5. The molecule has 0 aromatic heterocycles. The standard InChI is InChI=1S/C20H25ClFN3O3/c1-12-4-13(7-23-6-12)18(27)25-20-9-19(10-20,11-20)24-17(26)8-28-14-2-3-15(21)16(22)5-14/h2-3,5,12-13,23H,4,6-11H2,1H3,(H,24,26)(H,25,27). The van der Waals surface area contributed by atoms with Gasteiger partial charge in [0.05, 0.1) is 10.9 Å². The van der Waals surface area contributed by atoms with Gasteiger partial charge in [-0.3, -0.25) is 9.59 Å². The quantitative estimate of drug-likeness (QED) is 0.671. The molecule has 1 saturated heterocycles. The lowest BCUT2D eigenvalue weighted by atomic mass is 9.44. The molecule has 5 rings (SSSR count). The summed E-state index contributed by atoms with van der Waals surface area (Å²) in [6.45, 7) is 3.66. The van der Waals surface area contributed by atoms with Crippen molar-refractivity contribution in [3.05, 3.63) is 29.0 Å². The van der Waals surface area contributed by atoms with Gasteiger partial charge in [0.25, 0.3) is 5.91 Å². The van der Waals surface area contributed by atoms with Crippen LogP contribution in [-0.2, 0) is 9.59 Å². The van der Waals surface area contributed by atoms with E-state index in [4.69, 9.17) is 16.3 Å². The van der Waals surface area contributed by atoms with Gasteiger partial charge in [0, 0.05) is 23.7 Å². The molecule has 1 aliphatic heterocycles. The number of rotatable bonds is 6. The molecule has 28 heavy (non-hydrogen) atoms. The zero-order chi connectivity index (χ0) is 19.9. The van der Waals surface area contributed by atoms with Gasteiger partial charge >= 0.3 is 0 Å². The van der Waals surface area contributed by atoms with Crippen molar-refractivity contribution in [3.8, 4) is 5.75 Å². The fourth-order valence-corrected chi connectivity index (χ4v) is 4.94. The van der Waals surface area contributed by atoms with E-state index in [1.54, 1.807) is 0 Å². The van der Waals surface area contributed by atoms with Gasteiger partial charge in [0.15, 0.2) is 6.61 Å². The molecule has 4 aliphatic rings. The second kappa shape index (κ2) is 7.19. The van der Waals surface area contributed by atoms with Gasteiger partial charge in [0.2, 0.25) is 5.91 Å². The van der Waals surface area contributed by atoms with Crippen LogP contribution in [-0.4, -0.2) is 42.6 Å². The number of nitrogens with one attached hydrogen (secondary N) is 3. The summed E-state index contributed by atoms with van der Waals surface area (Å²) in [5, 5.41) is 9.51. The number of carbonyl (C=O) groups is 2. The molecule has 6 nitrogen and oxygen atoms in total. The highest BCUT2D eigenvalue weighted by molar-refractivity contribution is 6.30. The van der Waals surface area contributed by atoms with E-state index < -0.39 is 5.82 Å². The first kappa shape index (κ1) is 19.5. The number of hydrogen-bond donors (Lipinski definition) is 3. The Kier molecular flexibility index (Phi) is 5.00. The van der Waals surface area contributed by atoms with Crippen molar-refractivity contribution in [2.75, 3.05) is 19.7 Å². The fourth-order valence-electron chi connectivity index (χ4n) is 4.82. The Morgan fingerprint density at radius 3 is 2.64 bits per heavy atom. The molecule has 3 aliphatic carbocycles. The highest BCUT2D eigenvalue weighted by Gasteiger charge is 2.69. The van der Waals surface area contributed by atoms with E-state index in [0.29, 0.717) is 5.92 Å². The number of hydrogen-bond acceptors (Lipinski definition) is 4. The SMILES string of the molecule is CC1CNCC(C(=O)NC23CC(NC(=O)COc4ccc(Cl)c(F)c4)(C2)C3)C1. The number of piperidine rings is 1. The fraction of sp³-hybridized carbons (Fsp3) is 0.600. The van der Waals surface area contributed by atoms with Crippen LogP contribution in [0.1, 0.15) is 32.6 Å². The third-order valence-electron chi connectivity index (χ3n) is 6.03. The molecule has 152 valence electrons. The van der Waals surface area contributed by atoms with Crippen LogP contribution >= 0.6 is 11.6 Å². The summed E-state index contributed by atoms with van der Waals surface area (Å²) in [7, 11) is 0. The van der Waals surface area contributed by atoms with E-state index in [1.807, 2.05) is 0 Å². The van der Waals surface area contributed by atoms with E-state index in [9.17, 15) is 14.0 Å². The first-order valence-corrected chi connectivity index (χ1v) is 10.1. The Morgan fingerprint density at radius 1 is 1.25 bits per heavy atom. The third kappa shape index (κ3) is 3.82. The van der Waals surface area contributed by atoms with E-state index in [1.165, 1.54) is 12.1 Å². The Bertz CT molecular complexity index is 783. The Morgan fingerprint density at radius 2 is 1.96 bits per heavy atom. The minimum absolute atomic E-state index is 0.0106. The van der Waals surface area contributed by atoms with Crippen LogP contribution in [0, 0.1) is 17.7 Å². The summed E-state index contributed by atoms with van der Waals surface area (Å²) in [5.41, 5.74) is -0.401. The van der Waals surface area contributed by atoms with Gasteiger partial charge in [-0.05, 0) is 50.3 Å². The Hall–Kier alpha value is -1.86. The summed E-state index contributed by atoms with van der Waals surface area (Å²) in [6.07, 6.45) is 3.17. The maximum absolute atomic E-state index is 13.4. The van der Waals surface area contributed by atoms with Crippen molar-refractivity contribution >= 4 is 23.4 Å². The van der Waals surface area contributed by atoms with Crippen molar-refractivity contribution < 1.29 is 18.7 Å². The molecule has 0 spiro atoms. The van der Waals surface area contributed by atoms with Crippen molar-refractivity contribution in [2.24, 2.45) is 11.8 Å². The maximum atomic E-state index is 13.4. The third-order valence-corrected chi connectivity index (χ3v) is 6.33. The highest BCUT2D eigenvalue weighted by Crippen LogP contribution is 2.60. The van der Waals surface area contributed by atoms with Gasteiger partial charge in [-0.25, -0.2) is 4.39 Å². The van der Waals surface area contributed by atoms with E-state index in [0.717, 1.165) is 44.8 Å². The predicted molar refractivity (Wildman–Crippen MR) is 103 cm³/mol. The summed E-state index contributed by atoms with van der Waals surface area (Å²) >= 11 is 5.62. The lowest BCUT2D eigenvalue weighted by Gasteiger charge is -2.70.